The van der Waals surface area contributed by atoms with Gasteiger partial charge >= 0.3 is 0 Å². The minimum atomic E-state index is 0.689. The molecule has 68 valence electrons. The van der Waals surface area contributed by atoms with Gasteiger partial charge in [-0.2, -0.15) is 10.2 Å². The Kier molecular flexibility index (Phi) is 1.59. The van der Waals surface area contributed by atoms with Gasteiger partial charge in [0, 0.05) is 24.2 Å². The molecule has 3 rings (SSSR count). The van der Waals surface area contributed by atoms with Crippen LogP contribution in [0.25, 0.3) is 0 Å². The average Bonchev–Trinajstić information content (AvgIpc) is 2.80. The summed E-state index contributed by atoms with van der Waals surface area (Å²) < 4.78 is 0. The first-order valence-corrected chi connectivity index (χ1v) is 4.96. The van der Waals surface area contributed by atoms with Gasteiger partial charge in [0.25, 0.3) is 0 Å². The molecular weight excluding hydrogens is 162 g/mol. The van der Waals surface area contributed by atoms with Crippen LogP contribution in [0, 0.1) is 0 Å². The van der Waals surface area contributed by atoms with E-state index in [1.54, 1.807) is 6.20 Å². The second kappa shape index (κ2) is 2.77. The number of rotatable bonds is 1. The summed E-state index contributed by atoms with van der Waals surface area (Å²) in [6, 6.07) is 3.57. The zero-order chi connectivity index (χ0) is 8.67. The first-order valence-electron chi connectivity index (χ1n) is 4.96. The zero-order valence-corrected chi connectivity index (χ0v) is 7.48. The molecule has 2 fully saturated rings. The van der Waals surface area contributed by atoms with Crippen LogP contribution in [-0.4, -0.2) is 22.3 Å². The van der Waals surface area contributed by atoms with Crippen molar-refractivity contribution in [3.8, 4) is 0 Å². The third-order valence-corrected chi connectivity index (χ3v) is 3.34. The van der Waals surface area contributed by atoms with Gasteiger partial charge in [-0.05, 0) is 30.9 Å². The molecule has 2 saturated heterocycles. The van der Waals surface area contributed by atoms with E-state index in [9.17, 15) is 0 Å². The van der Waals surface area contributed by atoms with Crippen LogP contribution in [0.3, 0.4) is 0 Å². The van der Waals surface area contributed by atoms with Crippen molar-refractivity contribution >= 4 is 0 Å². The van der Waals surface area contributed by atoms with Crippen LogP contribution < -0.4 is 5.32 Å². The van der Waals surface area contributed by atoms with E-state index in [1.165, 1.54) is 24.8 Å². The Labute approximate surface area is 77.6 Å². The highest BCUT2D eigenvalue weighted by Crippen LogP contribution is 2.39. The Balaban J connectivity index is 1.87. The molecular formula is C10H13N3. The maximum absolute atomic E-state index is 3.94. The molecule has 13 heavy (non-hydrogen) atoms. The average molecular weight is 175 g/mol. The maximum Gasteiger partial charge on any atom is 0.0531 e. The predicted molar refractivity (Wildman–Crippen MR) is 49.3 cm³/mol. The van der Waals surface area contributed by atoms with Gasteiger partial charge in [0.05, 0.1) is 6.20 Å². The maximum atomic E-state index is 3.94. The molecule has 1 N–H and O–H groups in total. The monoisotopic (exact) mass is 175 g/mol. The van der Waals surface area contributed by atoms with E-state index >= 15 is 0 Å². The molecule has 3 heteroatoms. The van der Waals surface area contributed by atoms with Gasteiger partial charge in [0.15, 0.2) is 0 Å². The Morgan fingerprint density at radius 2 is 2.31 bits per heavy atom. The minimum absolute atomic E-state index is 0.689. The molecule has 0 spiro atoms. The Morgan fingerprint density at radius 1 is 1.31 bits per heavy atom. The van der Waals surface area contributed by atoms with Gasteiger partial charge < -0.3 is 5.32 Å². The molecule has 0 aliphatic carbocycles. The van der Waals surface area contributed by atoms with Crippen molar-refractivity contribution in [1.29, 1.82) is 0 Å². The molecule has 3 heterocycles. The summed E-state index contributed by atoms with van der Waals surface area (Å²) in [6.45, 7) is 0. The predicted octanol–water partition coefficient (Wildman–Crippen LogP) is 1.08. The minimum Gasteiger partial charge on any atom is -0.311 e. The van der Waals surface area contributed by atoms with Crippen LogP contribution in [0.1, 0.15) is 30.7 Å². The first kappa shape index (κ1) is 7.44. The molecule has 0 aromatic carbocycles. The summed E-state index contributed by atoms with van der Waals surface area (Å²) in [5.74, 6) is 0.689. The Hall–Kier alpha value is -0.960. The highest BCUT2D eigenvalue weighted by atomic mass is 15.1. The van der Waals surface area contributed by atoms with Crippen LogP contribution in [-0.2, 0) is 0 Å². The standard InChI is InChI=1S/C10H13N3/c1-2-10-9(5-8(1)13-10)7-3-4-11-12-6-7/h3-4,6,8-10,13H,1-2,5H2. The number of nitrogens with zero attached hydrogens (tertiary/aromatic N) is 2. The van der Waals surface area contributed by atoms with Crippen LogP contribution in [0.4, 0.5) is 0 Å². The fraction of sp³-hybridized carbons (Fsp3) is 0.600. The third-order valence-electron chi connectivity index (χ3n) is 3.34. The van der Waals surface area contributed by atoms with Gasteiger partial charge in [-0.15, -0.1) is 0 Å². The topological polar surface area (TPSA) is 37.8 Å². The van der Waals surface area contributed by atoms with E-state index in [0.29, 0.717) is 12.0 Å². The van der Waals surface area contributed by atoms with Crippen molar-refractivity contribution < 1.29 is 0 Å². The lowest BCUT2D eigenvalue weighted by molar-refractivity contribution is 0.504. The molecule has 2 bridgehead atoms. The zero-order valence-electron chi connectivity index (χ0n) is 7.48. The second-order valence-corrected chi connectivity index (χ2v) is 4.07. The molecule has 2 aliphatic heterocycles. The molecule has 0 amide bonds. The molecule has 0 saturated carbocycles. The van der Waals surface area contributed by atoms with Crippen molar-refractivity contribution in [3.63, 3.8) is 0 Å². The molecule has 1 aromatic rings. The van der Waals surface area contributed by atoms with E-state index < -0.39 is 0 Å². The quantitative estimate of drug-likeness (QED) is 0.694. The van der Waals surface area contributed by atoms with Gasteiger partial charge in [0.1, 0.15) is 0 Å². The second-order valence-electron chi connectivity index (χ2n) is 4.07. The molecule has 3 unspecified atom stereocenters. The van der Waals surface area contributed by atoms with Crippen molar-refractivity contribution in [2.45, 2.75) is 37.3 Å². The third kappa shape index (κ3) is 1.15. The summed E-state index contributed by atoms with van der Waals surface area (Å²) in [5, 5.41) is 11.4. The number of nitrogens with one attached hydrogen (secondary N) is 1. The van der Waals surface area contributed by atoms with E-state index in [-0.39, 0.29) is 0 Å². The lowest BCUT2D eigenvalue weighted by Gasteiger charge is -2.19. The SMILES string of the molecule is c1cc(C2CC3CCC2N3)cnn1. The van der Waals surface area contributed by atoms with Crippen LogP contribution in [0.5, 0.6) is 0 Å². The van der Waals surface area contributed by atoms with E-state index in [0.717, 1.165) is 6.04 Å². The summed E-state index contributed by atoms with van der Waals surface area (Å²) in [4.78, 5) is 0. The molecule has 2 aliphatic rings. The van der Waals surface area contributed by atoms with E-state index in [4.69, 9.17) is 0 Å². The van der Waals surface area contributed by atoms with E-state index in [2.05, 4.69) is 21.6 Å². The lowest BCUT2D eigenvalue weighted by Crippen LogP contribution is -2.21. The molecule has 3 atom stereocenters. The normalized spacial score (nSPS) is 36.8. The Morgan fingerprint density at radius 3 is 2.92 bits per heavy atom. The lowest BCUT2D eigenvalue weighted by atomic mass is 9.85. The fourth-order valence-corrected chi connectivity index (χ4v) is 2.71. The molecule has 3 nitrogen and oxygen atoms in total. The highest BCUT2D eigenvalue weighted by Gasteiger charge is 2.39. The summed E-state index contributed by atoms with van der Waals surface area (Å²) >= 11 is 0. The number of aromatic nitrogens is 2. The van der Waals surface area contributed by atoms with Crippen molar-refractivity contribution in [1.82, 2.24) is 15.5 Å². The fourth-order valence-electron chi connectivity index (χ4n) is 2.71. The number of hydrogen-bond donors (Lipinski definition) is 1. The van der Waals surface area contributed by atoms with Gasteiger partial charge in [-0.1, -0.05) is 0 Å². The largest absolute Gasteiger partial charge is 0.311 e. The molecule has 1 aromatic heterocycles. The van der Waals surface area contributed by atoms with Crippen molar-refractivity contribution in [3.05, 3.63) is 24.0 Å². The highest BCUT2D eigenvalue weighted by molar-refractivity contribution is 5.20. The van der Waals surface area contributed by atoms with Crippen molar-refractivity contribution in [2.75, 3.05) is 0 Å². The first-order chi connectivity index (χ1) is 6.43. The van der Waals surface area contributed by atoms with Gasteiger partial charge in [-0.25, -0.2) is 0 Å². The molecule has 0 radical (unpaired) electrons. The van der Waals surface area contributed by atoms with Crippen LogP contribution >= 0.6 is 0 Å². The van der Waals surface area contributed by atoms with E-state index in [1.807, 2.05) is 6.20 Å². The van der Waals surface area contributed by atoms with Crippen LogP contribution in [0.15, 0.2) is 18.5 Å². The number of hydrogen-bond acceptors (Lipinski definition) is 3. The van der Waals surface area contributed by atoms with Gasteiger partial charge in [0.2, 0.25) is 0 Å². The van der Waals surface area contributed by atoms with Gasteiger partial charge in [-0.3, -0.25) is 0 Å². The smallest absolute Gasteiger partial charge is 0.0531 e. The summed E-state index contributed by atoms with van der Waals surface area (Å²) in [7, 11) is 0. The van der Waals surface area contributed by atoms with Crippen molar-refractivity contribution in [2.24, 2.45) is 0 Å². The Bertz CT molecular complexity index is 298. The summed E-state index contributed by atoms with van der Waals surface area (Å²) in [5.41, 5.74) is 1.36. The summed E-state index contributed by atoms with van der Waals surface area (Å²) in [6.07, 6.45) is 7.68. The number of fused-ring (bicyclic) bond motifs is 2. The van der Waals surface area contributed by atoms with Crippen LogP contribution in [0.2, 0.25) is 0 Å².